The van der Waals surface area contributed by atoms with Gasteiger partial charge in [-0.1, -0.05) is 44.2 Å². The lowest BCUT2D eigenvalue weighted by Gasteiger charge is -2.39. The molecule has 0 aromatic heterocycles. The summed E-state index contributed by atoms with van der Waals surface area (Å²) < 4.78 is 0. The number of nitrogens with zero attached hydrogens (tertiary/aromatic N) is 1. The second kappa shape index (κ2) is 3.44. The van der Waals surface area contributed by atoms with Gasteiger partial charge in [-0.05, 0) is 37.2 Å². The topological polar surface area (TPSA) is 12.4 Å². The van der Waals surface area contributed by atoms with Gasteiger partial charge in [0.1, 0.15) is 0 Å². The molecule has 0 saturated heterocycles. The van der Waals surface area contributed by atoms with E-state index in [1.165, 1.54) is 30.5 Å². The van der Waals surface area contributed by atoms with Gasteiger partial charge in [0.05, 0.1) is 5.54 Å². The normalized spacial score (nSPS) is 34.5. The van der Waals surface area contributed by atoms with Crippen molar-refractivity contribution >= 4 is 5.71 Å². The van der Waals surface area contributed by atoms with E-state index in [2.05, 4.69) is 51.1 Å². The van der Waals surface area contributed by atoms with Gasteiger partial charge in [-0.3, -0.25) is 4.99 Å². The fourth-order valence-corrected chi connectivity index (χ4v) is 4.02. The van der Waals surface area contributed by atoms with Crippen LogP contribution in [0.25, 0.3) is 0 Å². The molecule has 1 heteroatoms. The first-order valence-electron chi connectivity index (χ1n) is 6.63. The highest BCUT2D eigenvalue weighted by Crippen LogP contribution is 2.50. The van der Waals surface area contributed by atoms with Crippen molar-refractivity contribution in [3.8, 4) is 0 Å². The molecule has 1 aromatic rings. The van der Waals surface area contributed by atoms with Gasteiger partial charge in [0.2, 0.25) is 0 Å². The molecule has 0 radical (unpaired) electrons. The summed E-state index contributed by atoms with van der Waals surface area (Å²) in [5, 5.41) is 0. The van der Waals surface area contributed by atoms with Crippen LogP contribution in [-0.2, 0) is 0 Å². The summed E-state index contributed by atoms with van der Waals surface area (Å²) in [6.07, 6.45) is 3.77. The molecule has 0 N–H and O–H groups in total. The summed E-state index contributed by atoms with van der Waals surface area (Å²) in [5.41, 5.74) is 3.33. The molecule has 1 aliphatic carbocycles. The zero-order valence-corrected chi connectivity index (χ0v) is 11.0. The van der Waals surface area contributed by atoms with E-state index in [0.29, 0.717) is 11.3 Å². The summed E-state index contributed by atoms with van der Waals surface area (Å²) in [5.74, 6) is 0.672. The second-order valence-corrected chi connectivity index (χ2v) is 6.81. The van der Waals surface area contributed by atoms with E-state index in [-0.39, 0.29) is 5.54 Å². The molecular formula is C16H21N. The van der Waals surface area contributed by atoms with Crippen molar-refractivity contribution in [1.29, 1.82) is 0 Å². The first kappa shape index (κ1) is 11.0. The van der Waals surface area contributed by atoms with Gasteiger partial charge in [-0.25, -0.2) is 0 Å². The smallest absolute Gasteiger partial charge is 0.0595 e. The minimum atomic E-state index is 0.192. The molecule has 2 unspecified atom stereocenters. The summed E-state index contributed by atoms with van der Waals surface area (Å²) >= 11 is 0. The second-order valence-electron chi connectivity index (χ2n) is 6.81. The number of rotatable bonds is 1. The molecule has 1 aliphatic heterocycles. The molecule has 2 atom stereocenters. The Balaban J connectivity index is 1.99. The number of fused-ring (bicyclic) bond motifs is 2. The number of benzene rings is 1. The van der Waals surface area contributed by atoms with Crippen LogP contribution in [0.5, 0.6) is 0 Å². The molecule has 1 heterocycles. The van der Waals surface area contributed by atoms with Crippen LogP contribution in [0.2, 0.25) is 0 Å². The highest BCUT2D eigenvalue weighted by molar-refractivity contribution is 6.04. The molecule has 1 fully saturated rings. The summed E-state index contributed by atoms with van der Waals surface area (Å²) in [6.45, 7) is 7.11. The molecule has 1 aromatic carbocycles. The van der Waals surface area contributed by atoms with E-state index >= 15 is 0 Å². The summed E-state index contributed by atoms with van der Waals surface area (Å²) in [7, 11) is 0. The monoisotopic (exact) mass is 227 g/mol. The van der Waals surface area contributed by atoms with Crippen LogP contribution in [0.4, 0.5) is 0 Å². The Hall–Kier alpha value is -1.11. The molecule has 1 saturated carbocycles. The lowest BCUT2D eigenvalue weighted by Crippen LogP contribution is -2.35. The minimum absolute atomic E-state index is 0.192. The Kier molecular flexibility index (Phi) is 2.23. The van der Waals surface area contributed by atoms with Crippen molar-refractivity contribution in [2.75, 3.05) is 0 Å². The molecule has 90 valence electrons. The van der Waals surface area contributed by atoms with E-state index in [1.807, 2.05) is 0 Å². The molecule has 3 rings (SSSR count). The molecule has 2 bridgehead atoms. The molecule has 1 nitrogen and oxygen atoms in total. The molecular weight excluding hydrogens is 206 g/mol. The van der Waals surface area contributed by atoms with E-state index in [0.717, 1.165) is 0 Å². The van der Waals surface area contributed by atoms with Crippen molar-refractivity contribution in [1.82, 2.24) is 0 Å². The average Bonchev–Trinajstić information content (AvgIpc) is 2.49. The molecule has 0 spiro atoms. The van der Waals surface area contributed by atoms with E-state index in [9.17, 15) is 0 Å². The fourth-order valence-electron chi connectivity index (χ4n) is 4.02. The highest BCUT2D eigenvalue weighted by Gasteiger charge is 2.47. The number of aliphatic imine (C=N–C) groups is 1. The highest BCUT2D eigenvalue weighted by atomic mass is 14.9. The van der Waals surface area contributed by atoms with Crippen LogP contribution in [0.15, 0.2) is 35.3 Å². The number of hydrogen-bond donors (Lipinski definition) is 0. The standard InChI is InChI=1S/C16H21N/c1-15(2)9-13-10-16(3,11-15)17-14(13)12-7-5-4-6-8-12/h4-8,13H,9-11H2,1-3H3. The maximum absolute atomic E-state index is 5.06. The van der Waals surface area contributed by atoms with Gasteiger partial charge in [-0.15, -0.1) is 0 Å². The Labute approximate surface area is 104 Å². The lowest BCUT2D eigenvalue weighted by atomic mass is 9.66. The molecule has 17 heavy (non-hydrogen) atoms. The van der Waals surface area contributed by atoms with Crippen LogP contribution in [0, 0.1) is 11.3 Å². The SMILES string of the molecule is CC1(C)CC2CC(C)(C1)N=C2c1ccccc1. The van der Waals surface area contributed by atoms with Gasteiger partial charge in [0.25, 0.3) is 0 Å². The fraction of sp³-hybridized carbons (Fsp3) is 0.562. The van der Waals surface area contributed by atoms with Gasteiger partial charge in [-0.2, -0.15) is 0 Å². The Bertz CT molecular complexity index is 458. The zero-order valence-electron chi connectivity index (χ0n) is 11.0. The Morgan fingerprint density at radius 2 is 1.76 bits per heavy atom. The quantitative estimate of drug-likeness (QED) is 0.685. The maximum atomic E-state index is 5.06. The van der Waals surface area contributed by atoms with Crippen LogP contribution >= 0.6 is 0 Å². The van der Waals surface area contributed by atoms with Crippen molar-refractivity contribution in [3.05, 3.63) is 35.9 Å². The largest absolute Gasteiger partial charge is 0.282 e. The van der Waals surface area contributed by atoms with Crippen molar-refractivity contribution in [3.63, 3.8) is 0 Å². The lowest BCUT2D eigenvalue weighted by molar-refractivity contribution is 0.158. The van der Waals surface area contributed by atoms with Crippen LogP contribution in [-0.4, -0.2) is 11.3 Å². The van der Waals surface area contributed by atoms with Gasteiger partial charge in [0.15, 0.2) is 0 Å². The van der Waals surface area contributed by atoms with Crippen LogP contribution in [0.1, 0.15) is 45.6 Å². The third-order valence-electron chi connectivity index (χ3n) is 4.19. The average molecular weight is 227 g/mol. The minimum Gasteiger partial charge on any atom is -0.282 e. The Morgan fingerprint density at radius 1 is 1.06 bits per heavy atom. The van der Waals surface area contributed by atoms with Crippen molar-refractivity contribution < 1.29 is 0 Å². The van der Waals surface area contributed by atoms with E-state index in [4.69, 9.17) is 4.99 Å². The van der Waals surface area contributed by atoms with Crippen LogP contribution < -0.4 is 0 Å². The molecule has 2 aliphatic rings. The first-order chi connectivity index (χ1) is 7.98. The van der Waals surface area contributed by atoms with Gasteiger partial charge >= 0.3 is 0 Å². The van der Waals surface area contributed by atoms with Gasteiger partial charge in [0, 0.05) is 11.6 Å². The Morgan fingerprint density at radius 3 is 2.47 bits per heavy atom. The first-order valence-corrected chi connectivity index (χ1v) is 6.63. The molecule has 0 amide bonds. The summed E-state index contributed by atoms with van der Waals surface area (Å²) in [6, 6.07) is 10.7. The van der Waals surface area contributed by atoms with Gasteiger partial charge < -0.3 is 0 Å². The van der Waals surface area contributed by atoms with Crippen molar-refractivity contribution in [2.24, 2.45) is 16.3 Å². The van der Waals surface area contributed by atoms with E-state index in [1.54, 1.807) is 0 Å². The van der Waals surface area contributed by atoms with E-state index < -0.39 is 0 Å². The summed E-state index contributed by atoms with van der Waals surface area (Å²) in [4.78, 5) is 5.06. The third kappa shape index (κ3) is 1.92. The third-order valence-corrected chi connectivity index (χ3v) is 4.19. The maximum Gasteiger partial charge on any atom is 0.0595 e. The van der Waals surface area contributed by atoms with Crippen LogP contribution in [0.3, 0.4) is 0 Å². The predicted molar refractivity (Wildman–Crippen MR) is 72.5 cm³/mol. The predicted octanol–water partition coefficient (Wildman–Crippen LogP) is 4.07. The van der Waals surface area contributed by atoms with Crippen molar-refractivity contribution in [2.45, 2.75) is 45.6 Å². The number of hydrogen-bond acceptors (Lipinski definition) is 1. The zero-order chi connectivity index (χ0) is 12.1.